The molecule has 1 aliphatic heterocycles. The Labute approximate surface area is 107 Å². The molecule has 0 aromatic heterocycles. The highest BCUT2D eigenvalue weighted by Crippen LogP contribution is 2.29. The van der Waals surface area contributed by atoms with Gasteiger partial charge in [0.05, 0.1) is 0 Å². The summed E-state index contributed by atoms with van der Waals surface area (Å²) in [6.07, 6.45) is 8.50. The second kappa shape index (κ2) is 6.19. The van der Waals surface area contributed by atoms with E-state index in [0.717, 1.165) is 23.9 Å². The third-order valence-electron chi connectivity index (χ3n) is 5.09. The molecule has 2 fully saturated rings. The maximum absolute atomic E-state index is 3.50. The van der Waals surface area contributed by atoms with E-state index in [1.807, 2.05) is 0 Å². The van der Waals surface area contributed by atoms with Crippen LogP contribution in [0.1, 0.15) is 52.4 Å². The lowest BCUT2D eigenvalue weighted by Crippen LogP contribution is -2.42. The van der Waals surface area contributed by atoms with Crippen molar-refractivity contribution in [3.05, 3.63) is 0 Å². The summed E-state index contributed by atoms with van der Waals surface area (Å²) in [4.78, 5) is 2.73. The van der Waals surface area contributed by atoms with Crippen LogP contribution < -0.4 is 5.32 Å². The maximum atomic E-state index is 3.50. The van der Waals surface area contributed by atoms with Gasteiger partial charge in [0.2, 0.25) is 0 Å². The molecule has 1 aliphatic carbocycles. The van der Waals surface area contributed by atoms with Gasteiger partial charge in [0.15, 0.2) is 0 Å². The van der Waals surface area contributed by atoms with Gasteiger partial charge in [-0.1, -0.05) is 13.3 Å². The highest BCUT2D eigenvalue weighted by Gasteiger charge is 2.28. The highest BCUT2D eigenvalue weighted by molar-refractivity contribution is 4.84. The number of likely N-dealkylation sites (tertiary alicyclic amines) is 1. The van der Waals surface area contributed by atoms with Crippen LogP contribution in [0.5, 0.6) is 0 Å². The predicted octanol–water partition coefficient (Wildman–Crippen LogP) is 2.89. The topological polar surface area (TPSA) is 15.3 Å². The molecule has 2 aliphatic rings. The summed E-state index contributed by atoms with van der Waals surface area (Å²) in [6, 6.07) is 1.61. The van der Waals surface area contributed by atoms with E-state index >= 15 is 0 Å². The standard InChI is InChI=1S/C15H30N2/c1-12-7-9-17(13(2)11-12)10-8-14-5-4-6-15(14)16-3/h12-16H,4-11H2,1-3H3. The van der Waals surface area contributed by atoms with E-state index in [4.69, 9.17) is 0 Å². The van der Waals surface area contributed by atoms with Gasteiger partial charge in [0, 0.05) is 12.1 Å². The number of piperidine rings is 1. The van der Waals surface area contributed by atoms with Crippen molar-refractivity contribution in [3.8, 4) is 0 Å². The van der Waals surface area contributed by atoms with Crippen molar-refractivity contribution in [2.24, 2.45) is 11.8 Å². The van der Waals surface area contributed by atoms with Crippen LogP contribution in [-0.4, -0.2) is 37.1 Å². The Morgan fingerprint density at radius 3 is 2.71 bits per heavy atom. The summed E-state index contributed by atoms with van der Waals surface area (Å²) in [6.45, 7) is 7.48. The molecule has 0 bridgehead atoms. The van der Waals surface area contributed by atoms with Gasteiger partial charge in [-0.3, -0.25) is 0 Å². The molecular weight excluding hydrogens is 208 g/mol. The minimum absolute atomic E-state index is 0.800. The Balaban J connectivity index is 1.74. The number of hydrogen-bond donors (Lipinski definition) is 1. The first-order valence-electron chi connectivity index (χ1n) is 7.62. The third-order valence-corrected chi connectivity index (χ3v) is 5.09. The molecule has 0 spiro atoms. The van der Waals surface area contributed by atoms with Crippen molar-refractivity contribution in [1.82, 2.24) is 10.2 Å². The molecule has 1 saturated heterocycles. The van der Waals surface area contributed by atoms with Crippen LogP contribution in [0.15, 0.2) is 0 Å². The molecule has 2 heteroatoms. The summed E-state index contributed by atoms with van der Waals surface area (Å²) in [5.41, 5.74) is 0. The van der Waals surface area contributed by atoms with Crippen LogP contribution in [0.25, 0.3) is 0 Å². The van der Waals surface area contributed by atoms with Gasteiger partial charge in [0.25, 0.3) is 0 Å². The summed E-state index contributed by atoms with van der Waals surface area (Å²) >= 11 is 0. The van der Waals surface area contributed by atoms with Crippen LogP contribution in [-0.2, 0) is 0 Å². The Morgan fingerprint density at radius 2 is 2.00 bits per heavy atom. The van der Waals surface area contributed by atoms with E-state index in [-0.39, 0.29) is 0 Å². The van der Waals surface area contributed by atoms with Crippen molar-refractivity contribution in [1.29, 1.82) is 0 Å². The van der Waals surface area contributed by atoms with Crippen LogP contribution in [0, 0.1) is 11.8 Å². The number of hydrogen-bond acceptors (Lipinski definition) is 2. The van der Waals surface area contributed by atoms with E-state index in [2.05, 4.69) is 31.1 Å². The Hall–Kier alpha value is -0.0800. The number of nitrogens with one attached hydrogen (secondary N) is 1. The summed E-state index contributed by atoms with van der Waals surface area (Å²) in [5, 5.41) is 3.50. The average Bonchev–Trinajstić information content (AvgIpc) is 2.75. The molecule has 0 aromatic carbocycles. The largest absolute Gasteiger partial charge is 0.317 e. The first-order valence-corrected chi connectivity index (χ1v) is 7.62. The van der Waals surface area contributed by atoms with E-state index in [9.17, 15) is 0 Å². The molecule has 0 aromatic rings. The van der Waals surface area contributed by atoms with Crippen LogP contribution >= 0.6 is 0 Å². The fourth-order valence-electron chi connectivity index (χ4n) is 3.88. The lowest BCUT2D eigenvalue weighted by molar-refractivity contribution is 0.120. The van der Waals surface area contributed by atoms with E-state index in [1.165, 1.54) is 51.6 Å². The second-order valence-electron chi connectivity index (χ2n) is 6.39. The summed E-state index contributed by atoms with van der Waals surface area (Å²) in [7, 11) is 2.13. The quantitative estimate of drug-likeness (QED) is 0.810. The molecule has 1 saturated carbocycles. The van der Waals surface area contributed by atoms with E-state index in [1.54, 1.807) is 0 Å². The third kappa shape index (κ3) is 3.45. The van der Waals surface area contributed by atoms with Crippen molar-refractivity contribution < 1.29 is 0 Å². The highest BCUT2D eigenvalue weighted by atomic mass is 15.2. The van der Waals surface area contributed by atoms with Gasteiger partial charge in [0.1, 0.15) is 0 Å². The zero-order chi connectivity index (χ0) is 12.3. The molecule has 2 nitrogen and oxygen atoms in total. The fraction of sp³-hybridized carbons (Fsp3) is 1.00. The Morgan fingerprint density at radius 1 is 1.18 bits per heavy atom. The van der Waals surface area contributed by atoms with Crippen LogP contribution in [0.2, 0.25) is 0 Å². The molecule has 17 heavy (non-hydrogen) atoms. The smallest absolute Gasteiger partial charge is 0.00928 e. The van der Waals surface area contributed by atoms with Gasteiger partial charge in [-0.15, -0.1) is 0 Å². The maximum Gasteiger partial charge on any atom is 0.00928 e. The Kier molecular flexibility index (Phi) is 4.87. The Bertz CT molecular complexity index is 229. The van der Waals surface area contributed by atoms with Crippen LogP contribution in [0.3, 0.4) is 0 Å². The van der Waals surface area contributed by atoms with Crippen molar-refractivity contribution >= 4 is 0 Å². The second-order valence-corrected chi connectivity index (χ2v) is 6.39. The molecule has 1 N–H and O–H groups in total. The monoisotopic (exact) mass is 238 g/mol. The van der Waals surface area contributed by atoms with Crippen LogP contribution in [0.4, 0.5) is 0 Å². The fourth-order valence-corrected chi connectivity index (χ4v) is 3.88. The van der Waals surface area contributed by atoms with E-state index < -0.39 is 0 Å². The SMILES string of the molecule is CNC1CCCC1CCN1CCC(C)CC1C. The minimum Gasteiger partial charge on any atom is -0.317 e. The molecule has 4 atom stereocenters. The van der Waals surface area contributed by atoms with Crippen molar-refractivity contribution in [2.45, 2.75) is 64.5 Å². The van der Waals surface area contributed by atoms with Gasteiger partial charge in [-0.05, 0) is 71.0 Å². The number of nitrogens with zero attached hydrogens (tertiary/aromatic N) is 1. The minimum atomic E-state index is 0.800. The summed E-state index contributed by atoms with van der Waals surface area (Å²) < 4.78 is 0. The zero-order valence-electron chi connectivity index (χ0n) is 11.9. The zero-order valence-corrected chi connectivity index (χ0v) is 11.9. The lowest BCUT2D eigenvalue weighted by atomic mass is 9.92. The average molecular weight is 238 g/mol. The van der Waals surface area contributed by atoms with Crippen molar-refractivity contribution in [3.63, 3.8) is 0 Å². The van der Waals surface area contributed by atoms with Gasteiger partial charge in [-0.25, -0.2) is 0 Å². The molecule has 2 rings (SSSR count). The summed E-state index contributed by atoms with van der Waals surface area (Å²) in [5.74, 6) is 1.88. The first-order chi connectivity index (χ1) is 8.20. The molecule has 4 unspecified atom stereocenters. The van der Waals surface area contributed by atoms with Gasteiger partial charge < -0.3 is 10.2 Å². The molecule has 0 amide bonds. The van der Waals surface area contributed by atoms with Crippen molar-refractivity contribution in [2.75, 3.05) is 20.1 Å². The predicted molar refractivity (Wildman–Crippen MR) is 74.2 cm³/mol. The van der Waals surface area contributed by atoms with E-state index in [0.29, 0.717) is 0 Å². The van der Waals surface area contributed by atoms with Gasteiger partial charge >= 0.3 is 0 Å². The number of rotatable bonds is 4. The normalized spacial score (nSPS) is 39.7. The molecule has 100 valence electrons. The first kappa shape index (κ1) is 13.4. The molecular formula is C15H30N2. The van der Waals surface area contributed by atoms with Gasteiger partial charge in [-0.2, -0.15) is 0 Å². The lowest BCUT2D eigenvalue weighted by Gasteiger charge is -2.37. The molecule has 0 radical (unpaired) electrons. The molecule has 1 heterocycles.